The summed E-state index contributed by atoms with van der Waals surface area (Å²) >= 11 is 3.34. The van der Waals surface area contributed by atoms with E-state index in [0.29, 0.717) is 11.5 Å². The van der Waals surface area contributed by atoms with E-state index in [1.54, 1.807) is 6.07 Å². The lowest BCUT2D eigenvalue weighted by Gasteiger charge is -2.11. The summed E-state index contributed by atoms with van der Waals surface area (Å²) in [6.07, 6.45) is 0. The second kappa shape index (κ2) is 4.60. The molecular weight excluding hydrogens is 244 g/mol. The molecule has 0 N–H and O–H groups in total. The third-order valence-electron chi connectivity index (χ3n) is 2.04. The van der Waals surface area contributed by atoms with Crippen molar-refractivity contribution in [2.45, 2.75) is 19.8 Å². The molecule has 0 spiro atoms. The van der Waals surface area contributed by atoms with E-state index in [4.69, 9.17) is 4.74 Å². The number of methoxy groups -OCH3 is 1. The summed E-state index contributed by atoms with van der Waals surface area (Å²) in [6.45, 7) is 4.10. The Kier molecular flexibility index (Phi) is 3.69. The summed E-state index contributed by atoms with van der Waals surface area (Å²) in [6, 6.07) is 5.67. The molecule has 2 nitrogen and oxygen atoms in total. The number of benzene rings is 1. The predicted octanol–water partition coefficient (Wildman–Crippen LogP) is 3.36. The minimum absolute atomic E-state index is 0.282. The number of halogens is 1. The Morgan fingerprint density at radius 2 is 2.07 bits per heavy atom. The van der Waals surface area contributed by atoms with Crippen LogP contribution < -0.4 is 0 Å². The molecule has 0 fully saturated rings. The maximum Gasteiger partial charge on any atom is 0.338 e. The van der Waals surface area contributed by atoms with E-state index in [9.17, 15) is 4.79 Å². The first-order valence-corrected chi connectivity index (χ1v) is 5.23. The van der Waals surface area contributed by atoms with E-state index in [-0.39, 0.29) is 5.97 Å². The van der Waals surface area contributed by atoms with Crippen LogP contribution in [0.25, 0.3) is 0 Å². The van der Waals surface area contributed by atoms with Gasteiger partial charge in [-0.15, -0.1) is 0 Å². The van der Waals surface area contributed by atoms with Crippen molar-refractivity contribution in [3.8, 4) is 0 Å². The quantitative estimate of drug-likeness (QED) is 0.759. The van der Waals surface area contributed by atoms with Crippen LogP contribution in [0.15, 0.2) is 22.7 Å². The molecule has 0 amide bonds. The molecule has 3 heteroatoms. The molecule has 0 saturated heterocycles. The number of hydrogen-bond donors (Lipinski definition) is 0. The van der Waals surface area contributed by atoms with Crippen molar-refractivity contribution < 1.29 is 9.53 Å². The zero-order valence-corrected chi connectivity index (χ0v) is 10.1. The van der Waals surface area contributed by atoms with Gasteiger partial charge < -0.3 is 4.74 Å². The standard InChI is InChI=1S/C11H13BrO2/c1-7(2)9-5-4-8(12)6-10(9)11(13)14-3/h4-7H,1-3H3. The minimum Gasteiger partial charge on any atom is -0.465 e. The molecule has 0 aliphatic carbocycles. The molecule has 0 saturated carbocycles. The van der Waals surface area contributed by atoms with Crippen LogP contribution in [0, 0.1) is 0 Å². The van der Waals surface area contributed by atoms with Gasteiger partial charge in [0, 0.05) is 4.47 Å². The smallest absolute Gasteiger partial charge is 0.338 e. The van der Waals surface area contributed by atoms with Crippen LogP contribution in [0.5, 0.6) is 0 Å². The first kappa shape index (κ1) is 11.2. The summed E-state index contributed by atoms with van der Waals surface area (Å²) < 4.78 is 5.61. The minimum atomic E-state index is -0.282. The molecule has 0 aromatic heterocycles. The highest BCUT2D eigenvalue weighted by Crippen LogP contribution is 2.23. The predicted molar refractivity (Wildman–Crippen MR) is 59.6 cm³/mol. The lowest BCUT2D eigenvalue weighted by Crippen LogP contribution is -2.06. The van der Waals surface area contributed by atoms with Crippen LogP contribution in [0.2, 0.25) is 0 Å². The van der Waals surface area contributed by atoms with Gasteiger partial charge in [0.05, 0.1) is 12.7 Å². The van der Waals surface area contributed by atoms with E-state index in [1.165, 1.54) is 7.11 Å². The van der Waals surface area contributed by atoms with Gasteiger partial charge in [0.2, 0.25) is 0 Å². The van der Waals surface area contributed by atoms with Gasteiger partial charge in [0.25, 0.3) is 0 Å². The van der Waals surface area contributed by atoms with Crippen molar-refractivity contribution in [1.29, 1.82) is 0 Å². The summed E-state index contributed by atoms with van der Waals surface area (Å²) in [4.78, 5) is 11.4. The summed E-state index contributed by atoms with van der Waals surface area (Å²) in [5.41, 5.74) is 1.65. The molecular formula is C11H13BrO2. The Bertz CT molecular complexity index is 345. The van der Waals surface area contributed by atoms with Gasteiger partial charge in [0.15, 0.2) is 0 Å². The van der Waals surface area contributed by atoms with Gasteiger partial charge in [-0.05, 0) is 23.6 Å². The Balaban J connectivity index is 3.22. The zero-order chi connectivity index (χ0) is 10.7. The van der Waals surface area contributed by atoms with Crippen LogP contribution in [0.3, 0.4) is 0 Å². The summed E-state index contributed by atoms with van der Waals surface area (Å²) in [5, 5.41) is 0. The third kappa shape index (κ3) is 2.35. The van der Waals surface area contributed by atoms with Crippen LogP contribution in [-0.2, 0) is 4.74 Å². The molecule has 0 atom stereocenters. The molecule has 0 heterocycles. The van der Waals surface area contributed by atoms with Crippen molar-refractivity contribution in [3.05, 3.63) is 33.8 Å². The van der Waals surface area contributed by atoms with Crippen LogP contribution in [0.4, 0.5) is 0 Å². The maximum absolute atomic E-state index is 11.4. The first-order valence-electron chi connectivity index (χ1n) is 4.44. The van der Waals surface area contributed by atoms with E-state index in [0.717, 1.165) is 10.0 Å². The van der Waals surface area contributed by atoms with Crippen molar-refractivity contribution >= 4 is 21.9 Å². The van der Waals surface area contributed by atoms with E-state index >= 15 is 0 Å². The highest BCUT2D eigenvalue weighted by molar-refractivity contribution is 9.10. The molecule has 0 bridgehead atoms. The number of rotatable bonds is 2. The van der Waals surface area contributed by atoms with Crippen LogP contribution in [0.1, 0.15) is 35.7 Å². The number of carbonyl (C=O) groups excluding carboxylic acids is 1. The molecule has 1 aromatic carbocycles. The molecule has 0 aliphatic rings. The second-order valence-electron chi connectivity index (χ2n) is 3.38. The Morgan fingerprint density at radius 3 is 2.57 bits per heavy atom. The highest BCUT2D eigenvalue weighted by Gasteiger charge is 2.14. The average Bonchev–Trinajstić information content (AvgIpc) is 2.16. The third-order valence-corrected chi connectivity index (χ3v) is 2.54. The Hall–Kier alpha value is -0.830. The number of esters is 1. The van der Waals surface area contributed by atoms with Crippen molar-refractivity contribution in [2.24, 2.45) is 0 Å². The van der Waals surface area contributed by atoms with Crippen molar-refractivity contribution in [1.82, 2.24) is 0 Å². The fourth-order valence-corrected chi connectivity index (χ4v) is 1.68. The van der Waals surface area contributed by atoms with Gasteiger partial charge in [-0.1, -0.05) is 35.8 Å². The monoisotopic (exact) mass is 256 g/mol. The van der Waals surface area contributed by atoms with Crippen molar-refractivity contribution in [2.75, 3.05) is 7.11 Å². The Morgan fingerprint density at radius 1 is 1.43 bits per heavy atom. The van der Waals surface area contributed by atoms with Gasteiger partial charge in [-0.2, -0.15) is 0 Å². The van der Waals surface area contributed by atoms with E-state index in [1.807, 2.05) is 12.1 Å². The molecule has 0 radical (unpaired) electrons. The lowest BCUT2D eigenvalue weighted by molar-refractivity contribution is 0.0599. The molecule has 1 rings (SSSR count). The second-order valence-corrected chi connectivity index (χ2v) is 4.29. The fourth-order valence-electron chi connectivity index (χ4n) is 1.32. The van der Waals surface area contributed by atoms with Gasteiger partial charge in [-0.25, -0.2) is 4.79 Å². The largest absolute Gasteiger partial charge is 0.465 e. The van der Waals surface area contributed by atoms with Crippen LogP contribution >= 0.6 is 15.9 Å². The Labute approximate surface area is 92.4 Å². The van der Waals surface area contributed by atoms with Crippen LogP contribution in [-0.4, -0.2) is 13.1 Å². The first-order chi connectivity index (χ1) is 6.56. The molecule has 1 aromatic rings. The number of hydrogen-bond acceptors (Lipinski definition) is 2. The SMILES string of the molecule is COC(=O)c1cc(Br)ccc1C(C)C. The van der Waals surface area contributed by atoms with Gasteiger partial charge in [0.1, 0.15) is 0 Å². The topological polar surface area (TPSA) is 26.3 Å². The molecule has 0 aliphatic heterocycles. The normalized spacial score (nSPS) is 10.4. The number of carbonyl (C=O) groups is 1. The average molecular weight is 257 g/mol. The van der Waals surface area contributed by atoms with Gasteiger partial charge in [-0.3, -0.25) is 0 Å². The molecule has 14 heavy (non-hydrogen) atoms. The fraction of sp³-hybridized carbons (Fsp3) is 0.364. The van der Waals surface area contributed by atoms with Crippen molar-refractivity contribution in [3.63, 3.8) is 0 Å². The summed E-state index contributed by atoms with van der Waals surface area (Å²) in [7, 11) is 1.40. The summed E-state index contributed by atoms with van der Waals surface area (Å²) in [5.74, 6) is 0.0344. The highest BCUT2D eigenvalue weighted by atomic mass is 79.9. The molecule has 0 unspecified atom stereocenters. The van der Waals surface area contributed by atoms with E-state index < -0.39 is 0 Å². The molecule has 76 valence electrons. The zero-order valence-electron chi connectivity index (χ0n) is 8.50. The van der Waals surface area contributed by atoms with Gasteiger partial charge >= 0.3 is 5.97 Å². The van der Waals surface area contributed by atoms with E-state index in [2.05, 4.69) is 29.8 Å². The maximum atomic E-state index is 11.4. The lowest BCUT2D eigenvalue weighted by atomic mass is 9.97. The number of ether oxygens (including phenoxy) is 1.